The van der Waals surface area contributed by atoms with E-state index >= 15 is 0 Å². The SMILES string of the molecule is COc1ccc(Sc2ccc(OC)cc2N)cc1. The molecule has 0 spiro atoms. The third-order valence-corrected chi connectivity index (χ3v) is 3.60. The van der Waals surface area contributed by atoms with Crippen LogP contribution in [-0.4, -0.2) is 14.2 Å². The molecule has 2 rings (SSSR count). The van der Waals surface area contributed by atoms with Crippen LogP contribution in [0.25, 0.3) is 0 Å². The minimum absolute atomic E-state index is 0.718. The molecule has 0 heterocycles. The molecule has 94 valence electrons. The van der Waals surface area contributed by atoms with Crippen LogP contribution in [0.15, 0.2) is 52.3 Å². The molecule has 0 aliphatic heterocycles. The molecule has 0 aliphatic rings. The molecular weight excluding hydrogens is 246 g/mol. The number of benzene rings is 2. The second-order valence-electron chi connectivity index (χ2n) is 3.68. The predicted molar refractivity (Wildman–Crippen MR) is 74.5 cm³/mol. The lowest BCUT2D eigenvalue weighted by atomic mass is 10.3. The van der Waals surface area contributed by atoms with Gasteiger partial charge in [-0.2, -0.15) is 0 Å². The summed E-state index contributed by atoms with van der Waals surface area (Å²) in [6, 6.07) is 13.6. The van der Waals surface area contributed by atoms with E-state index in [2.05, 4.69) is 0 Å². The quantitative estimate of drug-likeness (QED) is 0.856. The van der Waals surface area contributed by atoms with Crippen LogP contribution >= 0.6 is 11.8 Å². The van der Waals surface area contributed by atoms with Crippen molar-refractivity contribution in [3.8, 4) is 11.5 Å². The van der Waals surface area contributed by atoms with Gasteiger partial charge in [-0.25, -0.2) is 0 Å². The first-order chi connectivity index (χ1) is 8.72. The molecular formula is C14H15NO2S. The fraction of sp³-hybridized carbons (Fsp3) is 0.143. The molecule has 0 fully saturated rings. The van der Waals surface area contributed by atoms with Gasteiger partial charge in [0.05, 0.1) is 14.2 Å². The molecule has 2 aromatic rings. The van der Waals surface area contributed by atoms with Gasteiger partial charge >= 0.3 is 0 Å². The van der Waals surface area contributed by atoms with Crippen LogP contribution < -0.4 is 15.2 Å². The van der Waals surface area contributed by atoms with Crippen molar-refractivity contribution in [1.82, 2.24) is 0 Å². The van der Waals surface area contributed by atoms with Gasteiger partial charge in [-0.1, -0.05) is 11.8 Å². The summed E-state index contributed by atoms with van der Waals surface area (Å²) in [6.07, 6.45) is 0. The van der Waals surface area contributed by atoms with Crippen molar-refractivity contribution in [3.05, 3.63) is 42.5 Å². The van der Waals surface area contributed by atoms with Crippen molar-refractivity contribution in [3.63, 3.8) is 0 Å². The second-order valence-corrected chi connectivity index (χ2v) is 4.80. The molecule has 18 heavy (non-hydrogen) atoms. The Labute approximate surface area is 111 Å². The predicted octanol–water partition coefficient (Wildman–Crippen LogP) is 3.44. The van der Waals surface area contributed by atoms with Gasteiger partial charge in [-0.05, 0) is 36.4 Å². The molecule has 2 N–H and O–H groups in total. The van der Waals surface area contributed by atoms with Crippen molar-refractivity contribution in [2.45, 2.75) is 9.79 Å². The normalized spacial score (nSPS) is 10.1. The monoisotopic (exact) mass is 261 g/mol. The number of ether oxygens (including phenoxy) is 2. The van der Waals surface area contributed by atoms with E-state index in [0.717, 1.165) is 27.0 Å². The Balaban J connectivity index is 2.17. The summed E-state index contributed by atoms with van der Waals surface area (Å²) in [7, 11) is 3.29. The molecule has 4 heteroatoms. The zero-order valence-corrected chi connectivity index (χ0v) is 11.2. The number of nitrogens with two attached hydrogens (primary N) is 1. The van der Waals surface area contributed by atoms with Gasteiger partial charge in [0.15, 0.2) is 0 Å². The van der Waals surface area contributed by atoms with Gasteiger partial charge in [0.2, 0.25) is 0 Å². The summed E-state index contributed by atoms with van der Waals surface area (Å²) in [6.45, 7) is 0. The van der Waals surface area contributed by atoms with Crippen LogP contribution in [0, 0.1) is 0 Å². The first-order valence-electron chi connectivity index (χ1n) is 5.48. The Morgan fingerprint density at radius 3 is 2.06 bits per heavy atom. The van der Waals surface area contributed by atoms with Crippen LogP contribution in [0.3, 0.4) is 0 Å². The van der Waals surface area contributed by atoms with Crippen LogP contribution in [0.4, 0.5) is 5.69 Å². The fourth-order valence-corrected chi connectivity index (χ4v) is 2.36. The van der Waals surface area contributed by atoms with E-state index in [0.29, 0.717) is 0 Å². The molecule has 0 aromatic heterocycles. The maximum atomic E-state index is 5.98. The Bertz CT molecular complexity index is 526. The smallest absolute Gasteiger partial charge is 0.120 e. The minimum Gasteiger partial charge on any atom is -0.497 e. The number of hydrogen-bond acceptors (Lipinski definition) is 4. The Kier molecular flexibility index (Phi) is 3.99. The van der Waals surface area contributed by atoms with Crippen molar-refractivity contribution < 1.29 is 9.47 Å². The lowest BCUT2D eigenvalue weighted by molar-refractivity contribution is 0.414. The highest BCUT2D eigenvalue weighted by atomic mass is 32.2. The number of anilines is 1. The van der Waals surface area contributed by atoms with Gasteiger partial charge in [0.1, 0.15) is 11.5 Å². The summed E-state index contributed by atoms with van der Waals surface area (Å²) in [4.78, 5) is 2.13. The van der Waals surface area contributed by atoms with E-state index in [9.17, 15) is 0 Å². The summed E-state index contributed by atoms with van der Waals surface area (Å²) >= 11 is 1.62. The summed E-state index contributed by atoms with van der Waals surface area (Å²) in [5.41, 5.74) is 6.69. The Hall–Kier alpha value is -1.81. The lowest BCUT2D eigenvalue weighted by Crippen LogP contribution is -1.90. The van der Waals surface area contributed by atoms with E-state index in [1.165, 1.54) is 0 Å². The van der Waals surface area contributed by atoms with E-state index in [1.807, 2.05) is 42.5 Å². The number of rotatable bonds is 4. The van der Waals surface area contributed by atoms with Gasteiger partial charge in [-0.15, -0.1) is 0 Å². The number of hydrogen-bond donors (Lipinski definition) is 1. The number of methoxy groups -OCH3 is 2. The van der Waals surface area contributed by atoms with Crippen LogP contribution in [0.1, 0.15) is 0 Å². The third kappa shape index (κ3) is 2.90. The van der Waals surface area contributed by atoms with Crippen LogP contribution in [0.2, 0.25) is 0 Å². The largest absolute Gasteiger partial charge is 0.497 e. The highest BCUT2D eigenvalue weighted by Crippen LogP contribution is 2.34. The van der Waals surface area contributed by atoms with Crippen molar-refractivity contribution >= 4 is 17.4 Å². The highest BCUT2D eigenvalue weighted by Gasteiger charge is 2.03. The Morgan fingerprint density at radius 1 is 0.889 bits per heavy atom. The molecule has 0 atom stereocenters. The third-order valence-electron chi connectivity index (χ3n) is 2.50. The maximum absolute atomic E-state index is 5.98. The van der Waals surface area contributed by atoms with Crippen molar-refractivity contribution in [2.24, 2.45) is 0 Å². The molecule has 0 unspecified atom stereocenters. The van der Waals surface area contributed by atoms with Gasteiger partial charge in [0.25, 0.3) is 0 Å². The zero-order chi connectivity index (χ0) is 13.0. The molecule has 0 bridgehead atoms. The van der Waals surface area contributed by atoms with E-state index < -0.39 is 0 Å². The fourth-order valence-electron chi connectivity index (χ4n) is 1.52. The zero-order valence-electron chi connectivity index (χ0n) is 10.3. The molecule has 0 amide bonds. The molecule has 3 nitrogen and oxygen atoms in total. The van der Waals surface area contributed by atoms with Gasteiger partial charge in [-0.3, -0.25) is 0 Å². The van der Waals surface area contributed by atoms with Crippen LogP contribution in [-0.2, 0) is 0 Å². The average Bonchev–Trinajstić information content (AvgIpc) is 2.42. The first kappa shape index (κ1) is 12.6. The van der Waals surface area contributed by atoms with Gasteiger partial charge in [0, 0.05) is 21.5 Å². The lowest BCUT2D eigenvalue weighted by Gasteiger charge is -2.08. The Morgan fingerprint density at radius 2 is 1.50 bits per heavy atom. The summed E-state index contributed by atoms with van der Waals surface area (Å²) < 4.78 is 10.2. The van der Waals surface area contributed by atoms with E-state index in [1.54, 1.807) is 26.0 Å². The first-order valence-corrected chi connectivity index (χ1v) is 6.30. The van der Waals surface area contributed by atoms with Crippen LogP contribution in [0.5, 0.6) is 11.5 Å². The summed E-state index contributed by atoms with van der Waals surface area (Å²) in [5.74, 6) is 1.62. The highest BCUT2D eigenvalue weighted by molar-refractivity contribution is 7.99. The average molecular weight is 261 g/mol. The minimum atomic E-state index is 0.718. The van der Waals surface area contributed by atoms with Crippen molar-refractivity contribution in [2.75, 3.05) is 20.0 Å². The topological polar surface area (TPSA) is 44.5 Å². The van der Waals surface area contributed by atoms with E-state index in [-0.39, 0.29) is 0 Å². The molecule has 0 aliphatic carbocycles. The molecule has 2 aromatic carbocycles. The van der Waals surface area contributed by atoms with Gasteiger partial charge < -0.3 is 15.2 Å². The number of nitrogen functional groups attached to an aromatic ring is 1. The molecule has 0 radical (unpaired) electrons. The molecule has 0 saturated heterocycles. The second kappa shape index (κ2) is 5.69. The van der Waals surface area contributed by atoms with Crippen molar-refractivity contribution in [1.29, 1.82) is 0 Å². The summed E-state index contributed by atoms with van der Waals surface area (Å²) in [5, 5.41) is 0. The molecule has 0 saturated carbocycles. The van der Waals surface area contributed by atoms with E-state index in [4.69, 9.17) is 15.2 Å². The maximum Gasteiger partial charge on any atom is 0.120 e. The standard InChI is InChI=1S/C14H15NO2S/c1-16-10-3-6-12(7-4-10)18-14-8-5-11(17-2)9-13(14)15/h3-9H,15H2,1-2H3.